The molecule has 0 radical (unpaired) electrons. The zero-order chi connectivity index (χ0) is 38.4. The van der Waals surface area contributed by atoms with Gasteiger partial charge in [-0.1, -0.05) is 91.0 Å². The second kappa shape index (κ2) is 16.3. The molecule has 0 fully saturated rings. The molecule has 0 aliphatic carbocycles. The third kappa shape index (κ3) is 6.47. The number of hydrogen-bond donors (Lipinski definition) is 0. The average molecular weight is 745 g/mol. The van der Waals surface area contributed by atoms with Crippen LogP contribution in [-0.4, -0.2) is 96.0 Å². The Kier molecular flexibility index (Phi) is 11.8. The summed E-state index contributed by atoms with van der Waals surface area (Å²) in [4.78, 5) is 83.9. The van der Waals surface area contributed by atoms with Crippen LogP contribution in [0.15, 0.2) is 113 Å². The number of ether oxygens (including phenoxy) is 7. The molecule has 2 aliphatic heterocycles. The maximum absolute atomic E-state index is 14.7. The molecule has 0 spiro atoms. The van der Waals surface area contributed by atoms with E-state index in [0.29, 0.717) is 15.9 Å². The van der Waals surface area contributed by atoms with Crippen LogP contribution >= 0.6 is 6.89 Å². The lowest BCUT2D eigenvalue weighted by molar-refractivity contribution is -0.154. The van der Waals surface area contributed by atoms with Gasteiger partial charge in [-0.15, -0.1) is 0 Å². The Morgan fingerprint density at radius 1 is 0.509 bits per heavy atom. The molecule has 3 aromatic rings. The van der Waals surface area contributed by atoms with Crippen LogP contribution in [0.3, 0.4) is 0 Å². The molecular formula is C39H37O13P. The SMILES string of the molecule is COC(=O)C1=C(C(=O)OC)[C@@H]2O[C@H]1C(C(=O)OC)=C2C(C(=O)OC)C(C(=O)OC)C(C(=O)OC)=P(c1ccccc1)(c1ccccc1)c1ccccc1. The van der Waals surface area contributed by atoms with Crippen molar-refractivity contribution < 1.29 is 61.9 Å². The molecule has 0 saturated carbocycles. The first-order chi connectivity index (χ1) is 25.6. The van der Waals surface area contributed by atoms with Crippen LogP contribution in [0.5, 0.6) is 0 Å². The first-order valence-corrected chi connectivity index (χ1v) is 17.9. The second-order valence-electron chi connectivity index (χ2n) is 11.6. The van der Waals surface area contributed by atoms with Crippen molar-refractivity contribution in [1.82, 2.24) is 0 Å². The van der Waals surface area contributed by atoms with Crippen LogP contribution in [0.4, 0.5) is 0 Å². The molecule has 0 saturated heterocycles. The molecular weight excluding hydrogens is 707 g/mol. The minimum absolute atomic E-state index is 0.192. The lowest BCUT2D eigenvalue weighted by Gasteiger charge is -2.37. The minimum Gasteiger partial charge on any atom is -0.469 e. The van der Waals surface area contributed by atoms with E-state index in [2.05, 4.69) is 0 Å². The van der Waals surface area contributed by atoms with E-state index in [1.807, 2.05) is 0 Å². The van der Waals surface area contributed by atoms with Gasteiger partial charge in [0.05, 0.1) is 70.6 Å². The van der Waals surface area contributed by atoms with E-state index >= 15 is 0 Å². The van der Waals surface area contributed by atoms with Gasteiger partial charge in [0.25, 0.3) is 0 Å². The third-order valence-electron chi connectivity index (χ3n) is 9.22. The highest BCUT2D eigenvalue weighted by atomic mass is 31.2. The maximum Gasteiger partial charge on any atom is 0.337 e. The molecule has 0 aromatic heterocycles. The monoisotopic (exact) mass is 744 g/mol. The molecule has 53 heavy (non-hydrogen) atoms. The molecule has 13 nitrogen and oxygen atoms in total. The van der Waals surface area contributed by atoms with E-state index in [-0.39, 0.29) is 27.6 Å². The maximum atomic E-state index is 14.7. The number of carbonyl (C=O) groups is 6. The molecule has 0 N–H and O–H groups in total. The molecule has 2 bridgehead atoms. The summed E-state index contributed by atoms with van der Waals surface area (Å²) >= 11 is 0. The van der Waals surface area contributed by atoms with E-state index in [1.54, 1.807) is 91.0 Å². The predicted molar refractivity (Wildman–Crippen MR) is 192 cm³/mol. The number of rotatable bonds is 12. The molecule has 2 heterocycles. The van der Waals surface area contributed by atoms with Crippen molar-refractivity contribution in [3.05, 3.63) is 113 Å². The minimum atomic E-state index is -3.57. The van der Waals surface area contributed by atoms with Crippen molar-refractivity contribution in [3.63, 3.8) is 0 Å². The van der Waals surface area contributed by atoms with E-state index in [1.165, 1.54) is 0 Å². The molecule has 14 heteroatoms. The van der Waals surface area contributed by atoms with Gasteiger partial charge in [0, 0.05) is 0 Å². The second-order valence-corrected chi connectivity index (χ2v) is 15.0. The number of benzene rings is 3. The Morgan fingerprint density at radius 2 is 0.906 bits per heavy atom. The van der Waals surface area contributed by atoms with Gasteiger partial charge in [-0.25, -0.2) is 19.2 Å². The molecule has 5 rings (SSSR count). The first kappa shape index (κ1) is 38.5. The van der Waals surface area contributed by atoms with E-state index < -0.39 is 66.7 Å². The topological polar surface area (TPSA) is 167 Å². The summed E-state index contributed by atoms with van der Waals surface area (Å²) in [5.41, 5.74) is -1.38. The van der Waals surface area contributed by atoms with Crippen LogP contribution in [0, 0.1) is 11.8 Å². The van der Waals surface area contributed by atoms with Crippen molar-refractivity contribution in [2.24, 2.45) is 11.8 Å². The van der Waals surface area contributed by atoms with Gasteiger partial charge in [-0.3, -0.25) is 9.59 Å². The number of esters is 6. The normalized spacial score (nSPS) is 17.3. The quantitative estimate of drug-likeness (QED) is 0.150. The molecule has 2 aliphatic rings. The van der Waals surface area contributed by atoms with E-state index in [0.717, 1.165) is 42.7 Å². The number of carbonyl (C=O) groups excluding carboxylic acids is 6. The van der Waals surface area contributed by atoms with E-state index in [4.69, 9.17) is 33.2 Å². The summed E-state index contributed by atoms with van der Waals surface area (Å²) in [6.45, 7) is -3.57. The highest BCUT2D eigenvalue weighted by Crippen LogP contribution is 2.53. The van der Waals surface area contributed by atoms with Crippen molar-refractivity contribution in [2.75, 3.05) is 42.7 Å². The van der Waals surface area contributed by atoms with Crippen LogP contribution in [0.1, 0.15) is 0 Å². The zero-order valence-corrected chi connectivity index (χ0v) is 30.6. The van der Waals surface area contributed by atoms with Crippen LogP contribution in [0.2, 0.25) is 0 Å². The summed E-state index contributed by atoms with van der Waals surface area (Å²) in [5, 5.41) is 1.61. The first-order valence-electron chi connectivity index (χ1n) is 16.1. The summed E-state index contributed by atoms with van der Waals surface area (Å²) in [7, 11) is 6.47. The van der Waals surface area contributed by atoms with Crippen molar-refractivity contribution in [1.29, 1.82) is 0 Å². The van der Waals surface area contributed by atoms with Crippen LogP contribution < -0.4 is 15.9 Å². The lowest BCUT2D eigenvalue weighted by Crippen LogP contribution is -2.48. The highest BCUT2D eigenvalue weighted by molar-refractivity contribution is 7.96. The van der Waals surface area contributed by atoms with Crippen LogP contribution in [-0.2, 0) is 61.9 Å². The number of methoxy groups -OCH3 is 6. The van der Waals surface area contributed by atoms with Crippen LogP contribution in [0.25, 0.3) is 0 Å². The fourth-order valence-corrected chi connectivity index (χ4v) is 11.7. The number of fused-ring (bicyclic) bond motifs is 2. The summed E-state index contributed by atoms with van der Waals surface area (Å²) in [6.07, 6.45) is -3.23. The fourth-order valence-electron chi connectivity index (χ4n) is 7.11. The molecule has 4 atom stereocenters. The van der Waals surface area contributed by atoms with Gasteiger partial charge in [0.15, 0.2) is 0 Å². The van der Waals surface area contributed by atoms with Crippen molar-refractivity contribution in [2.45, 2.75) is 12.2 Å². The largest absolute Gasteiger partial charge is 0.469 e. The van der Waals surface area contributed by atoms with Crippen molar-refractivity contribution >= 4 is 63.9 Å². The summed E-state index contributed by atoms with van der Waals surface area (Å²) < 4.78 is 37.3. The Morgan fingerprint density at radius 3 is 1.28 bits per heavy atom. The van der Waals surface area contributed by atoms with Gasteiger partial charge in [0.1, 0.15) is 18.1 Å². The summed E-state index contributed by atoms with van der Waals surface area (Å²) in [6, 6.07) is 26.9. The fraction of sp³-hybridized carbons (Fsp3) is 0.256. The molecule has 2 unspecified atom stereocenters. The average Bonchev–Trinajstić information content (AvgIpc) is 3.78. The van der Waals surface area contributed by atoms with Gasteiger partial charge < -0.3 is 33.2 Å². The smallest absolute Gasteiger partial charge is 0.337 e. The zero-order valence-electron chi connectivity index (χ0n) is 29.7. The lowest BCUT2D eigenvalue weighted by atomic mass is 9.74. The third-order valence-corrected chi connectivity index (χ3v) is 13.6. The molecule has 276 valence electrons. The Balaban J connectivity index is 2.05. The summed E-state index contributed by atoms with van der Waals surface area (Å²) in [5.74, 6) is -10.1. The Hall–Kier alpha value is -5.78. The standard InChI is InChI=1S/C39H37O13P/c1-46-34(40)26(25-27(35(41)47-2)32-29(37(43)49-4)28(31(25)52-32)36(42)48-3)30(38(44)50-5)33(39(45)51-6)53(22-16-10-7-11-17-22,23-18-12-8-13-19-23)24-20-14-9-15-21-24/h7-21,26,30-32H,1-6H3/t26?,30?,31-,32+/m1/s1. The molecule has 3 aromatic carbocycles. The number of hydrogen-bond acceptors (Lipinski definition) is 13. The van der Waals surface area contributed by atoms with Gasteiger partial charge in [0.2, 0.25) is 0 Å². The van der Waals surface area contributed by atoms with Gasteiger partial charge in [-0.05, 0) is 28.4 Å². The Labute approximate surface area is 305 Å². The predicted octanol–water partition coefficient (Wildman–Crippen LogP) is 1.80. The van der Waals surface area contributed by atoms with Gasteiger partial charge >= 0.3 is 35.8 Å². The molecule has 0 amide bonds. The van der Waals surface area contributed by atoms with Gasteiger partial charge in [-0.2, -0.15) is 0 Å². The van der Waals surface area contributed by atoms with E-state index in [9.17, 15) is 28.8 Å². The highest BCUT2D eigenvalue weighted by Gasteiger charge is 2.60. The van der Waals surface area contributed by atoms with Crippen molar-refractivity contribution in [3.8, 4) is 0 Å². The Bertz CT molecular complexity index is 1950.